The van der Waals surface area contributed by atoms with Crippen molar-refractivity contribution in [2.75, 3.05) is 7.11 Å². The number of aryl methyl sites for hydroxylation is 1. The maximum atomic E-state index is 12.4. The van der Waals surface area contributed by atoms with Crippen molar-refractivity contribution in [2.24, 2.45) is 0 Å². The predicted octanol–water partition coefficient (Wildman–Crippen LogP) is 5.04. The molecule has 2 aliphatic heterocycles. The summed E-state index contributed by atoms with van der Waals surface area (Å²) in [7, 11) is 1.60. The van der Waals surface area contributed by atoms with E-state index in [1.807, 2.05) is 30.3 Å². The molecule has 0 radical (unpaired) electrons. The van der Waals surface area contributed by atoms with Crippen molar-refractivity contribution >= 4 is 17.1 Å². The number of hydrogen-bond acceptors (Lipinski definition) is 9. The molecular weight excluding hydrogens is 492 g/mol. The summed E-state index contributed by atoms with van der Waals surface area (Å²) in [4.78, 5) is 24.6. The molecule has 3 heterocycles. The number of hydrogen-bond donors (Lipinski definition) is 0. The highest BCUT2D eigenvalue weighted by atomic mass is 16.8. The predicted molar refractivity (Wildman–Crippen MR) is 135 cm³/mol. The summed E-state index contributed by atoms with van der Waals surface area (Å²) in [6, 6.07) is 14.6. The van der Waals surface area contributed by atoms with Crippen LogP contribution in [0.25, 0.3) is 11.0 Å². The zero-order valence-corrected chi connectivity index (χ0v) is 21.3. The van der Waals surface area contributed by atoms with E-state index in [0.717, 1.165) is 37.7 Å². The topological polar surface area (TPSA) is 103 Å². The Morgan fingerprint density at radius 3 is 2.47 bits per heavy atom. The van der Waals surface area contributed by atoms with Crippen LogP contribution in [0.1, 0.15) is 43.2 Å². The van der Waals surface area contributed by atoms with Crippen LogP contribution in [-0.2, 0) is 25.6 Å². The molecule has 1 aliphatic carbocycles. The van der Waals surface area contributed by atoms with Gasteiger partial charge in [-0.2, -0.15) is 0 Å². The highest BCUT2D eigenvalue weighted by Crippen LogP contribution is 2.46. The second-order valence-electron chi connectivity index (χ2n) is 10.1. The SMILES string of the molecule is CO[C@@H]1[C@H]2OC(=O)O[C@H]2C(Oc2ccc3c(OCc4ccccc4)cc(=O)oc3c2C)OC12CCCCC2. The van der Waals surface area contributed by atoms with Gasteiger partial charge in [0.25, 0.3) is 0 Å². The minimum Gasteiger partial charge on any atom is -0.488 e. The van der Waals surface area contributed by atoms with Gasteiger partial charge >= 0.3 is 11.8 Å². The first-order valence-corrected chi connectivity index (χ1v) is 13.0. The lowest BCUT2D eigenvalue weighted by molar-refractivity contribution is -0.301. The van der Waals surface area contributed by atoms with Crippen LogP contribution in [0.4, 0.5) is 4.79 Å². The van der Waals surface area contributed by atoms with Crippen molar-refractivity contribution < 1.29 is 37.6 Å². The Labute approximate surface area is 219 Å². The normalized spacial score (nSPS) is 26.0. The van der Waals surface area contributed by atoms with E-state index in [1.54, 1.807) is 26.2 Å². The van der Waals surface area contributed by atoms with Crippen LogP contribution in [0.5, 0.6) is 11.5 Å². The van der Waals surface area contributed by atoms with E-state index in [2.05, 4.69) is 0 Å². The maximum absolute atomic E-state index is 12.4. The molecule has 2 saturated heterocycles. The highest BCUT2D eigenvalue weighted by molar-refractivity contribution is 5.87. The summed E-state index contributed by atoms with van der Waals surface area (Å²) in [5.74, 6) is 0.861. The van der Waals surface area contributed by atoms with Gasteiger partial charge in [0.2, 0.25) is 12.4 Å². The summed E-state index contributed by atoms with van der Waals surface area (Å²) in [6.45, 7) is 2.11. The lowest BCUT2D eigenvalue weighted by Gasteiger charge is -2.50. The lowest BCUT2D eigenvalue weighted by atomic mass is 9.76. The number of ether oxygens (including phenoxy) is 6. The molecule has 9 heteroatoms. The van der Waals surface area contributed by atoms with Gasteiger partial charge in [-0.15, -0.1) is 0 Å². The molecule has 3 fully saturated rings. The fourth-order valence-corrected chi connectivity index (χ4v) is 5.91. The van der Waals surface area contributed by atoms with Gasteiger partial charge < -0.3 is 32.8 Å². The van der Waals surface area contributed by atoms with Crippen LogP contribution in [0.2, 0.25) is 0 Å². The molecular formula is C29H30O9. The van der Waals surface area contributed by atoms with Crippen molar-refractivity contribution in [3.8, 4) is 11.5 Å². The largest absolute Gasteiger partial charge is 0.509 e. The van der Waals surface area contributed by atoms with Gasteiger partial charge in [0.1, 0.15) is 35.4 Å². The second kappa shape index (κ2) is 9.96. The number of carbonyl (C=O) groups is 1. The number of rotatable bonds is 6. The lowest BCUT2D eigenvalue weighted by Crippen LogP contribution is -2.65. The Balaban J connectivity index is 1.31. The van der Waals surface area contributed by atoms with Crippen LogP contribution in [-0.4, -0.2) is 43.5 Å². The van der Waals surface area contributed by atoms with Gasteiger partial charge in [0.15, 0.2) is 6.10 Å². The first-order valence-electron chi connectivity index (χ1n) is 13.0. The molecule has 1 spiro atoms. The minimum atomic E-state index is -0.920. The maximum Gasteiger partial charge on any atom is 0.509 e. The Morgan fingerprint density at radius 1 is 0.947 bits per heavy atom. The molecule has 1 aromatic heterocycles. The summed E-state index contributed by atoms with van der Waals surface area (Å²) in [5.41, 5.74) is 0.752. The average Bonchev–Trinajstić information content (AvgIpc) is 3.31. The van der Waals surface area contributed by atoms with E-state index >= 15 is 0 Å². The van der Waals surface area contributed by atoms with Gasteiger partial charge in [-0.25, -0.2) is 9.59 Å². The highest BCUT2D eigenvalue weighted by Gasteiger charge is 2.62. The standard InChI is InChI=1S/C29H30O9/c1-17-20(12-11-19-21(15-22(30)35-23(17)19)33-16-18-9-5-3-6-10-18)34-27-25-24(36-28(31)37-25)26(32-2)29(38-27)13-7-4-8-14-29/h3,5-6,9-12,15,24-27H,4,7-8,13-14,16H2,1-2H3/t24-,25+,26+,27?/m0/s1. The molecule has 3 aliphatic rings. The Morgan fingerprint density at radius 2 is 1.71 bits per heavy atom. The molecule has 9 nitrogen and oxygen atoms in total. The summed E-state index contributed by atoms with van der Waals surface area (Å²) in [5, 5.41) is 0.645. The molecule has 38 heavy (non-hydrogen) atoms. The van der Waals surface area contributed by atoms with Crippen molar-refractivity contribution in [2.45, 2.75) is 75.8 Å². The number of methoxy groups -OCH3 is 1. The van der Waals surface area contributed by atoms with E-state index in [1.165, 1.54) is 6.07 Å². The van der Waals surface area contributed by atoms with E-state index in [9.17, 15) is 9.59 Å². The molecule has 1 unspecified atom stereocenters. The van der Waals surface area contributed by atoms with Crippen molar-refractivity contribution in [3.05, 3.63) is 70.1 Å². The van der Waals surface area contributed by atoms with Gasteiger partial charge in [-0.05, 0) is 37.5 Å². The molecule has 4 atom stereocenters. The van der Waals surface area contributed by atoms with E-state index in [4.69, 9.17) is 32.8 Å². The molecule has 2 aromatic carbocycles. The Bertz CT molecular complexity index is 1380. The van der Waals surface area contributed by atoms with Gasteiger partial charge in [-0.3, -0.25) is 0 Å². The van der Waals surface area contributed by atoms with Gasteiger partial charge in [0.05, 0.1) is 11.5 Å². The first-order chi connectivity index (χ1) is 18.5. The van der Waals surface area contributed by atoms with E-state index in [-0.39, 0.29) is 0 Å². The molecule has 3 aromatic rings. The number of benzene rings is 2. The van der Waals surface area contributed by atoms with E-state index in [0.29, 0.717) is 34.6 Å². The van der Waals surface area contributed by atoms with Crippen molar-refractivity contribution in [3.63, 3.8) is 0 Å². The van der Waals surface area contributed by atoms with Crippen LogP contribution in [0.3, 0.4) is 0 Å². The molecule has 0 amide bonds. The quantitative estimate of drug-likeness (QED) is 0.325. The summed E-state index contributed by atoms with van der Waals surface area (Å²) >= 11 is 0. The molecule has 0 bridgehead atoms. The smallest absolute Gasteiger partial charge is 0.488 e. The van der Waals surface area contributed by atoms with Crippen LogP contribution < -0.4 is 15.1 Å². The van der Waals surface area contributed by atoms with Crippen molar-refractivity contribution in [1.82, 2.24) is 0 Å². The Kier molecular flexibility index (Phi) is 6.49. The zero-order chi connectivity index (χ0) is 26.3. The minimum absolute atomic E-state index is 0.309. The summed E-state index contributed by atoms with van der Waals surface area (Å²) < 4.78 is 41.3. The molecule has 1 saturated carbocycles. The molecule has 6 rings (SSSR count). The fourth-order valence-electron chi connectivity index (χ4n) is 5.91. The Hall–Kier alpha value is -3.56. The van der Waals surface area contributed by atoms with Crippen molar-refractivity contribution in [1.29, 1.82) is 0 Å². The zero-order valence-electron chi connectivity index (χ0n) is 21.3. The molecule has 200 valence electrons. The van der Waals surface area contributed by atoms with Crippen LogP contribution in [0.15, 0.2) is 57.7 Å². The number of carbonyl (C=O) groups excluding carboxylic acids is 1. The molecule has 0 N–H and O–H groups in total. The fraction of sp³-hybridized carbons (Fsp3) is 0.448. The third kappa shape index (κ3) is 4.39. The van der Waals surface area contributed by atoms with Crippen LogP contribution in [0, 0.1) is 6.92 Å². The van der Waals surface area contributed by atoms with E-state index < -0.39 is 42.0 Å². The third-order valence-corrected chi connectivity index (χ3v) is 7.73. The number of fused-ring (bicyclic) bond motifs is 2. The van der Waals surface area contributed by atoms with Gasteiger partial charge in [0, 0.05) is 12.7 Å². The first kappa shape index (κ1) is 24.8. The third-order valence-electron chi connectivity index (χ3n) is 7.73. The average molecular weight is 523 g/mol. The second-order valence-corrected chi connectivity index (χ2v) is 10.1. The summed E-state index contributed by atoms with van der Waals surface area (Å²) in [6.07, 6.45) is 0.983. The van der Waals surface area contributed by atoms with Crippen LogP contribution >= 0.6 is 0 Å². The van der Waals surface area contributed by atoms with Gasteiger partial charge in [-0.1, -0.05) is 49.6 Å². The monoisotopic (exact) mass is 522 g/mol.